The molecule has 2 aromatic rings. The predicted molar refractivity (Wildman–Crippen MR) is 98.8 cm³/mol. The van der Waals surface area contributed by atoms with Crippen LogP contribution >= 0.6 is 0 Å². The lowest BCUT2D eigenvalue weighted by Gasteiger charge is -2.26. The molecule has 4 rings (SSSR count). The number of benzene rings is 1. The Bertz CT molecular complexity index is 976. The van der Waals surface area contributed by atoms with Gasteiger partial charge in [0.25, 0.3) is 11.5 Å². The Labute approximate surface area is 164 Å². The van der Waals surface area contributed by atoms with Crippen LogP contribution in [-0.4, -0.2) is 48.3 Å². The van der Waals surface area contributed by atoms with Crippen LogP contribution in [0.4, 0.5) is 13.2 Å². The Morgan fingerprint density at radius 3 is 2.55 bits per heavy atom. The molecule has 156 valence electrons. The molecule has 6 nitrogen and oxygen atoms in total. The maximum Gasteiger partial charge on any atom is 0.417 e. The van der Waals surface area contributed by atoms with Crippen molar-refractivity contribution >= 4 is 16.8 Å². The smallest absolute Gasteiger partial charge is 0.417 e. The van der Waals surface area contributed by atoms with Crippen molar-refractivity contribution in [2.24, 2.45) is 5.92 Å². The van der Waals surface area contributed by atoms with Crippen LogP contribution in [0, 0.1) is 5.92 Å². The van der Waals surface area contributed by atoms with E-state index >= 15 is 0 Å². The van der Waals surface area contributed by atoms with Crippen LogP contribution in [0.3, 0.4) is 0 Å². The second-order valence-corrected chi connectivity index (χ2v) is 7.41. The standard InChI is InChI=1S/C20H21F3N2O4/c21-20(22,23)16-10-18(26)25(11-13-1-2-13)17-9-14(3-4-15(16)17)29-12-19(27)24-5-7-28-8-6-24/h3-4,9-10,13H,1-2,5-8,11-12H2. The predicted octanol–water partition coefficient (Wildman–Crippen LogP) is 2.67. The molecule has 1 saturated heterocycles. The third kappa shape index (κ3) is 4.39. The summed E-state index contributed by atoms with van der Waals surface area (Å²) in [7, 11) is 0. The number of morpholine rings is 1. The molecule has 1 aromatic carbocycles. The molecule has 2 fully saturated rings. The van der Waals surface area contributed by atoms with Crippen molar-refractivity contribution in [3.8, 4) is 5.75 Å². The number of aromatic nitrogens is 1. The molecule has 9 heteroatoms. The summed E-state index contributed by atoms with van der Waals surface area (Å²) in [6.07, 6.45) is -2.72. The minimum absolute atomic E-state index is 0.0513. The fourth-order valence-electron chi connectivity index (χ4n) is 3.48. The molecule has 2 aliphatic rings. The number of nitrogens with zero attached hydrogens (tertiary/aromatic N) is 2. The first-order valence-corrected chi connectivity index (χ1v) is 9.56. The number of rotatable bonds is 5. The van der Waals surface area contributed by atoms with E-state index in [0.717, 1.165) is 12.8 Å². The number of halogens is 3. The Balaban J connectivity index is 1.64. The molecule has 0 bridgehead atoms. The lowest BCUT2D eigenvalue weighted by molar-refractivity contribution is -0.137. The van der Waals surface area contributed by atoms with E-state index in [0.29, 0.717) is 44.8 Å². The number of ether oxygens (including phenoxy) is 2. The van der Waals surface area contributed by atoms with Crippen molar-refractivity contribution in [3.63, 3.8) is 0 Å². The van der Waals surface area contributed by atoms with Gasteiger partial charge in [-0.2, -0.15) is 13.2 Å². The van der Waals surface area contributed by atoms with Crippen molar-refractivity contribution < 1.29 is 27.4 Å². The quantitative estimate of drug-likeness (QED) is 0.761. The lowest BCUT2D eigenvalue weighted by atomic mass is 10.1. The van der Waals surface area contributed by atoms with E-state index in [1.807, 2.05) is 0 Å². The topological polar surface area (TPSA) is 60.8 Å². The number of hydrogen-bond acceptors (Lipinski definition) is 4. The highest BCUT2D eigenvalue weighted by Crippen LogP contribution is 2.36. The van der Waals surface area contributed by atoms with Gasteiger partial charge in [-0.3, -0.25) is 9.59 Å². The first-order chi connectivity index (χ1) is 13.8. The van der Waals surface area contributed by atoms with Crippen molar-refractivity contribution in [3.05, 3.63) is 40.2 Å². The number of hydrogen-bond donors (Lipinski definition) is 0. The Morgan fingerprint density at radius 2 is 1.90 bits per heavy atom. The van der Waals surface area contributed by atoms with E-state index in [4.69, 9.17) is 9.47 Å². The number of carbonyl (C=O) groups is 1. The van der Waals surface area contributed by atoms with Gasteiger partial charge in [-0.15, -0.1) is 0 Å². The molecule has 0 radical (unpaired) electrons. The molecule has 1 aromatic heterocycles. The number of pyridine rings is 1. The zero-order chi connectivity index (χ0) is 20.6. The fourth-order valence-corrected chi connectivity index (χ4v) is 3.48. The fraction of sp³-hybridized carbons (Fsp3) is 0.500. The van der Waals surface area contributed by atoms with Crippen molar-refractivity contribution in [1.82, 2.24) is 9.47 Å². The van der Waals surface area contributed by atoms with Crippen molar-refractivity contribution in [2.75, 3.05) is 32.9 Å². The molecule has 1 aliphatic carbocycles. The highest BCUT2D eigenvalue weighted by molar-refractivity contribution is 5.85. The minimum Gasteiger partial charge on any atom is -0.484 e. The summed E-state index contributed by atoms with van der Waals surface area (Å²) in [5, 5.41) is -0.0513. The minimum atomic E-state index is -4.63. The van der Waals surface area contributed by atoms with Gasteiger partial charge in [0.1, 0.15) is 5.75 Å². The van der Waals surface area contributed by atoms with Gasteiger partial charge in [0.05, 0.1) is 24.3 Å². The van der Waals surface area contributed by atoms with Gasteiger partial charge in [0.15, 0.2) is 6.61 Å². The summed E-state index contributed by atoms with van der Waals surface area (Å²) in [5.41, 5.74) is -1.47. The van der Waals surface area contributed by atoms with Crippen LogP contribution < -0.4 is 10.3 Å². The summed E-state index contributed by atoms with van der Waals surface area (Å²) in [5.74, 6) is 0.343. The van der Waals surface area contributed by atoms with Gasteiger partial charge in [0, 0.05) is 37.2 Å². The van der Waals surface area contributed by atoms with Gasteiger partial charge >= 0.3 is 6.18 Å². The average Bonchev–Trinajstić information content (AvgIpc) is 3.52. The van der Waals surface area contributed by atoms with Gasteiger partial charge in [0.2, 0.25) is 0 Å². The third-order valence-corrected chi connectivity index (χ3v) is 5.25. The van der Waals surface area contributed by atoms with Crippen LogP contribution in [0.15, 0.2) is 29.1 Å². The summed E-state index contributed by atoms with van der Waals surface area (Å²) >= 11 is 0. The van der Waals surface area contributed by atoms with E-state index in [-0.39, 0.29) is 29.2 Å². The van der Waals surface area contributed by atoms with Crippen LogP contribution in [0.5, 0.6) is 5.75 Å². The van der Waals surface area contributed by atoms with Gasteiger partial charge in [-0.1, -0.05) is 0 Å². The highest BCUT2D eigenvalue weighted by Gasteiger charge is 2.34. The zero-order valence-electron chi connectivity index (χ0n) is 15.7. The molecular weight excluding hydrogens is 389 g/mol. The molecule has 2 heterocycles. The number of carbonyl (C=O) groups excluding carboxylic acids is 1. The molecule has 29 heavy (non-hydrogen) atoms. The van der Waals surface area contributed by atoms with Gasteiger partial charge in [-0.25, -0.2) is 0 Å². The van der Waals surface area contributed by atoms with Crippen LogP contribution in [-0.2, 0) is 22.3 Å². The second-order valence-electron chi connectivity index (χ2n) is 7.41. The summed E-state index contributed by atoms with van der Waals surface area (Å²) in [4.78, 5) is 26.3. The molecule has 0 unspecified atom stereocenters. The van der Waals surface area contributed by atoms with Crippen LogP contribution in [0.1, 0.15) is 18.4 Å². The number of amides is 1. The first kappa shape index (κ1) is 19.8. The first-order valence-electron chi connectivity index (χ1n) is 9.56. The third-order valence-electron chi connectivity index (χ3n) is 5.25. The molecule has 1 amide bonds. The van der Waals surface area contributed by atoms with Crippen molar-refractivity contribution in [1.29, 1.82) is 0 Å². The summed E-state index contributed by atoms with van der Waals surface area (Å²) < 4.78 is 52.4. The molecule has 0 spiro atoms. The zero-order valence-corrected chi connectivity index (χ0v) is 15.7. The maximum absolute atomic E-state index is 13.4. The van der Waals surface area contributed by atoms with E-state index in [9.17, 15) is 22.8 Å². The molecule has 0 atom stereocenters. The lowest BCUT2D eigenvalue weighted by Crippen LogP contribution is -2.42. The van der Waals surface area contributed by atoms with E-state index in [1.165, 1.54) is 22.8 Å². The second kappa shape index (κ2) is 7.70. The average molecular weight is 410 g/mol. The largest absolute Gasteiger partial charge is 0.484 e. The van der Waals surface area contributed by atoms with E-state index < -0.39 is 17.3 Å². The van der Waals surface area contributed by atoms with Gasteiger partial charge in [-0.05, 0) is 30.9 Å². The molecule has 1 aliphatic heterocycles. The molecule has 1 saturated carbocycles. The Morgan fingerprint density at radius 1 is 1.17 bits per heavy atom. The molecule has 0 N–H and O–H groups in total. The number of alkyl halides is 3. The van der Waals surface area contributed by atoms with Gasteiger partial charge < -0.3 is 18.9 Å². The summed E-state index contributed by atoms with van der Waals surface area (Å²) in [6, 6.07) is 4.78. The Kier molecular flexibility index (Phi) is 5.24. The van der Waals surface area contributed by atoms with E-state index in [1.54, 1.807) is 4.90 Å². The monoisotopic (exact) mass is 410 g/mol. The SMILES string of the molecule is O=C(COc1ccc2c(C(F)(F)F)cc(=O)n(CC3CC3)c2c1)N1CCOCC1. The van der Waals surface area contributed by atoms with Crippen LogP contribution in [0.2, 0.25) is 0 Å². The normalized spacial score (nSPS) is 17.6. The van der Waals surface area contributed by atoms with Crippen LogP contribution in [0.25, 0.3) is 10.9 Å². The van der Waals surface area contributed by atoms with E-state index in [2.05, 4.69) is 0 Å². The number of fused-ring (bicyclic) bond motifs is 1. The Hall–Kier alpha value is -2.55. The van der Waals surface area contributed by atoms with Crippen molar-refractivity contribution in [2.45, 2.75) is 25.6 Å². The summed E-state index contributed by atoms with van der Waals surface area (Å²) in [6.45, 7) is 2.05. The maximum atomic E-state index is 13.4. The highest BCUT2D eigenvalue weighted by atomic mass is 19.4. The molecular formula is C20H21F3N2O4.